The molecule has 1 atom stereocenters. The van der Waals surface area contributed by atoms with E-state index in [1.165, 1.54) is 5.57 Å². The summed E-state index contributed by atoms with van der Waals surface area (Å²) >= 11 is 0. The lowest BCUT2D eigenvalue weighted by atomic mass is 10.2. The average molecular weight is 154 g/mol. The van der Waals surface area contributed by atoms with Crippen molar-refractivity contribution >= 4 is 0 Å². The van der Waals surface area contributed by atoms with Gasteiger partial charge in [0.15, 0.2) is 0 Å². The molecule has 0 fully saturated rings. The van der Waals surface area contributed by atoms with Crippen molar-refractivity contribution in [3.05, 3.63) is 23.5 Å². The zero-order valence-corrected chi connectivity index (χ0v) is 6.89. The van der Waals surface area contributed by atoms with E-state index in [1.54, 1.807) is 6.92 Å². The van der Waals surface area contributed by atoms with Crippen LogP contribution in [0.25, 0.3) is 0 Å². The maximum Gasteiger partial charge on any atom is 0.122 e. The molecule has 0 aromatic carbocycles. The summed E-state index contributed by atoms with van der Waals surface area (Å²) in [5.74, 6) is 0.889. The van der Waals surface area contributed by atoms with Crippen molar-refractivity contribution in [3.8, 4) is 0 Å². The van der Waals surface area contributed by atoms with Gasteiger partial charge in [0.05, 0.1) is 0 Å². The number of aliphatic hydroxyl groups is 1. The van der Waals surface area contributed by atoms with Gasteiger partial charge in [0.2, 0.25) is 0 Å². The Morgan fingerprint density at radius 1 is 1.73 bits per heavy atom. The van der Waals surface area contributed by atoms with Gasteiger partial charge < -0.3 is 15.7 Å². The summed E-state index contributed by atoms with van der Waals surface area (Å²) in [5.41, 5.74) is 1.21. The fourth-order valence-electron chi connectivity index (χ4n) is 0.977. The van der Waals surface area contributed by atoms with Crippen LogP contribution in [-0.4, -0.2) is 17.9 Å². The highest BCUT2D eigenvalue weighted by Crippen LogP contribution is 2.02. The quantitative estimate of drug-likeness (QED) is 0.501. The van der Waals surface area contributed by atoms with Gasteiger partial charge in [0.25, 0.3) is 0 Å². The van der Waals surface area contributed by atoms with Gasteiger partial charge in [-0.3, -0.25) is 0 Å². The molecule has 1 rings (SSSR count). The topological polar surface area (TPSA) is 44.3 Å². The normalized spacial score (nSPS) is 19.5. The van der Waals surface area contributed by atoms with E-state index in [0.717, 1.165) is 12.4 Å². The second kappa shape index (κ2) is 3.44. The molecule has 0 bridgehead atoms. The molecule has 0 saturated heterocycles. The number of rotatable bonds is 2. The molecule has 1 unspecified atom stereocenters. The summed E-state index contributed by atoms with van der Waals surface area (Å²) in [5, 5.41) is 15.0. The smallest absolute Gasteiger partial charge is 0.122 e. The lowest BCUT2D eigenvalue weighted by molar-refractivity contribution is 0.166. The van der Waals surface area contributed by atoms with E-state index < -0.39 is 6.23 Å². The number of dihydropyridines is 1. The van der Waals surface area contributed by atoms with Crippen LogP contribution in [0.15, 0.2) is 23.5 Å². The largest absolute Gasteiger partial charge is 0.374 e. The Bertz CT molecular complexity index is 194. The van der Waals surface area contributed by atoms with E-state index in [2.05, 4.69) is 16.7 Å². The van der Waals surface area contributed by atoms with Crippen molar-refractivity contribution in [3.63, 3.8) is 0 Å². The first-order chi connectivity index (χ1) is 5.18. The predicted octanol–water partition coefficient (Wildman–Crippen LogP) is 0.305. The van der Waals surface area contributed by atoms with Gasteiger partial charge in [-0.2, -0.15) is 0 Å². The fourth-order valence-corrected chi connectivity index (χ4v) is 0.977. The van der Waals surface area contributed by atoms with Crippen LogP contribution in [0.2, 0.25) is 0 Å². The zero-order chi connectivity index (χ0) is 8.27. The van der Waals surface area contributed by atoms with Crippen LogP contribution in [0.1, 0.15) is 13.8 Å². The third kappa shape index (κ3) is 2.63. The number of hydrogen-bond donors (Lipinski definition) is 3. The van der Waals surface area contributed by atoms with E-state index in [9.17, 15) is 0 Å². The van der Waals surface area contributed by atoms with Gasteiger partial charge in [-0.15, -0.1) is 0 Å². The molecule has 0 aromatic rings. The molecule has 3 N–H and O–H groups in total. The Kier molecular flexibility index (Phi) is 2.54. The Balaban J connectivity index is 2.51. The molecule has 1 aliphatic heterocycles. The van der Waals surface area contributed by atoms with Crippen molar-refractivity contribution in [1.82, 2.24) is 10.6 Å². The highest BCUT2D eigenvalue weighted by atomic mass is 16.3. The van der Waals surface area contributed by atoms with Crippen molar-refractivity contribution in [2.24, 2.45) is 0 Å². The summed E-state index contributed by atoms with van der Waals surface area (Å²) in [6.07, 6.45) is 3.56. The van der Waals surface area contributed by atoms with Crippen LogP contribution < -0.4 is 10.6 Å². The number of nitrogens with one attached hydrogen (secondary N) is 2. The van der Waals surface area contributed by atoms with Crippen LogP contribution in [-0.2, 0) is 0 Å². The molecule has 1 aliphatic rings. The summed E-state index contributed by atoms with van der Waals surface area (Å²) in [6.45, 7) is 4.55. The second-order valence-corrected chi connectivity index (χ2v) is 2.71. The highest BCUT2D eigenvalue weighted by Gasteiger charge is 2.02. The molecule has 0 aliphatic carbocycles. The first-order valence-corrected chi connectivity index (χ1v) is 3.75. The molecule has 62 valence electrons. The minimum Gasteiger partial charge on any atom is -0.374 e. The van der Waals surface area contributed by atoms with E-state index in [1.807, 2.05) is 13.0 Å². The van der Waals surface area contributed by atoms with Gasteiger partial charge >= 0.3 is 0 Å². The number of hydrogen-bond acceptors (Lipinski definition) is 3. The zero-order valence-electron chi connectivity index (χ0n) is 6.89. The molecule has 3 heteroatoms. The van der Waals surface area contributed by atoms with E-state index in [0.29, 0.717) is 0 Å². The number of allylic oxidation sites excluding steroid dienone is 2. The van der Waals surface area contributed by atoms with Crippen LogP contribution in [0.4, 0.5) is 0 Å². The molecule has 11 heavy (non-hydrogen) atoms. The maximum atomic E-state index is 8.98. The Morgan fingerprint density at radius 3 is 3.00 bits per heavy atom. The monoisotopic (exact) mass is 154 g/mol. The van der Waals surface area contributed by atoms with Crippen LogP contribution in [0.5, 0.6) is 0 Å². The summed E-state index contributed by atoms with van der Waals surface area (Å²) < 4.78 is 0. The van der Waals surface area contributed by atoms with Crippen LogP contribution in [0.3, 0.4) is 0 Å². The first-order valence-electron chi connectivity index (χ1n) is 3.75. The summed E-state index contributed by atoms with van der Waals surface area (Å²) in [6, 6.07) is 0. The SMILES string of the molecule is CC1=CCNC(NC(C)O)=C1. The van der Waals surface area contributed by atoms with Crippen molar-refractivity contribution in [2.45, 2.75) is 20.1 Å². The molecule has 0 saturated carbocycles. The van der Waals surface area contributed by atoms with E-state index in [-0.39, 0.29) is 0 Å². The molecular formula is C8H14N2O. The Labute approximate surface area is 66.8 Å². The molecule has 1 heterocycles. The third-order valence-corrected chi connectivity index (χ3v) is 1.45. The van der Waals surface area contributed by atoms with E-state index >= 15 is 0 Å². The third-order valence-electron chi connectivity index (χ3n) is 1.45. The Hall–Kier alpha value is -0.960. The Morgan fingerprint density at radius 2 is 2.45 bits per heavy atom. The van der Waals surface area contributed by atoms with Crippen molar-refractivity contribution in [1.29, 1.82) is 0 Å². The van der Waals surface area contributed by atoms with Gasteiger partial charge in [0, 0.05) is 6.54 Å². The molecule has 0 amide bonds. The van der Waals surface area contributed by atoms with Crippen LogP contribution >= 0.6 is 0 Å². The average Bonchev–Trinajstić information content (AvgIpc) is 1.85. The summed E-state index contributed by atoms with van der Waals surface area (Å²) in [4.78, 5) is 0. The fraction of sp³-hybridized carbons (Fsp3) is 0.500. The minimum absolute atomic E-state index is 0.500. The standard InChI is InChI=1S/C8H14N2O/c1-6-3-4-9-8(5-6)10-7(2)11/h3,5,7,9-11H,4H2,1-2H3. The number of aliphatic hydroxyl groups excluding tert-OH is 1. The summed E-state index contributed by atoms with van der Waals surface area (Å²) in [7, 11) is 0. The van der Waals surface area contributed by atoms with Crippen molar-refractivity contribution < 1.29 is 5.11 Å². The van der Waals surface area contributed by atoms with Gasteiger partial charge in [-0.25, -0.2) is 0 Å². The molecular weight excluding hydrogens is 140 g/mol. The van der Waals surface area contributed by atoms with E-state index in [4.69, 9.17) is 5.11 Å². The predicted molar refractivity (Wildman–Crippen MR) is 44.7 cm³/mol. The first kappa shape index (κ1) is 8.14. The molecule has 0 spiro atoms. The molecule has 3 nitrogen and oxygen atoms in total. The lowest BCUT2D eigenvalue weighted by Crippen LogP contribution is -2.34. The van der Waals surface area contributed by atoms with Gasteiger partial charge in [-0.05, 0) is 25.5 Å². The van der Waals surface area contributed by atoms with Gasteiger partial charge in [-0.1, -0.05) is 6.08 Å². The molecule has 0 radical (unpaired) electrons. The molecule has 0 aromatic heterocycles. The lowest BCUT2D eigenvalue weighted by Gasteiger charge is -2.17. The second-order valence-electron chi connectivity index (χ2n) is 2.71. The van der Waals surface area contributed by atoms with Gasteiger partial charge in [0.1, 0.15) is 12.0 Å². The maximum absolute atomic E-state index is 8.98. The van der Waals surface area contributed by atoms with Crippen molar-refractivity contribution in [2.75, 3.05) is 6.54 Å². The minimum atomic E-state index is -0.500. The highest BCUT2D eigenvalue weighted by molar-refractivity contribution is 5.24. The van der Waals surface area contributed by atoms with Crippen LogP contribution in [0, 0.1) is 0 Å².